The van der Waals surface area contributed by atoms with Crippen LogP contribution in [0.3, 0.4) is 0 Å². The van der Waals surface area contributed by atoms with Crippen LogP contribution < -0.4 is 0 Å². The molecule has 2 aliphatic carbocycles. The van der Waals surface area contributed by atoms with Gasteiger partial charge in [0.15, 0.2) is 0 Å². The Morgan fingerprint density at radius 2 is 2.40 bits per heavy atom. The molecule has 3 unspecified atom stereocenters. The Hall–Kier alpha value is -0.300. The average Bonchev–Trinajstić information content (AvgIpc) is 2.44. The van der Waals surface area contributed by atoms with Gasteiger partial charge in [-0.3, -0.25) is 0 Å². The van der Waals surface area contributed by atoms with Crippen LogP contribution in [0.4, 0.5) is 0 Å². The van der Waals surface area contributed by atoms with Gasteiger partial charge in [0.2, 0.25) is 0 Å². The SMILES string of the molecule is C=CC12CCC(CC1O)C2. The second kappa shape index (κ2) is 1.85. The molecule has 56 valence electrons. The summed E-state index contributed by atoms with van der Waals surface area (Å²) in [4.78, 5) is 0. The molecule has 2 saturated carbocycles. The number of rotatable bonds is 1. The monoisotopic (exact) mass is 138 g/mol. The molecule has 0 saturated heterocycles. The lowest BCUT2D eigenvalue weighted by Gasteiger charge is -2.27. The molecular weight excluding hydrogens is 124 g/mol. The Morgan fingerprint density at radius 1 is 1.60 bits per heavy atom. The van der Waals surface area contributed by atoms with Gasteiger partial charge < -0.3 is 5.11 Å². The molecule has 2 fully saturated rings. The minimum Gasteiger partial charge on any atom is -0.392 e. The molecule has 0 aromatic rings. The maximum Gasteiger partial charge on any atom is 0.0633 e. The predicted molar refractivity (Wildman–Crippen MR) is 40.6 cm³/mol. The van der Waals surface area contributed by atoms with E-state index in [1.165, 1.54) is 19.3 Å². The van der Waals surface area contributed by atoms with Crippen molar-refractivity contribution in [1.82, 2.24) is 0 Å². The Balaban J connectivity index is 2.26. The number of hydrogen-bond acceptors (Lipinski definition) is 1. The lowest BCUT2D eigenvalue weighted by atomic mass is 9.82. The van der Waals surface area contributed by atoms with E-state index in [2.05, 4.69) is 6.58 Å². The lowest BCUT2D eigenvalue weighted by molar-refractivity contribution is 0.0719. The molecule has 0 aliphatic heterocycles. The van der Waals surface area contributed by atoms with E-state index in [1.807, 2.05) is 6.08 Å². The van der Waals surface area contributed by atoms with Crippen molar-refractivity contribution in [3.05, 3.63) is 12.7 Å². The minimum absolute atomic E-state index is 0.0799. The summed E-state index contributed by atoms with van der Waals surface area (Å²) in [6.45, 7) is 3.80. The first-order valence-electron chi connectivity index (χ1n) is 4.08. The molecule has 2 rings (SSSR count). The average molecular weight is 138 g/mol. The van der Waals surface area contributed by atoms with Crippen LogP contribution in [0, 0.1) is 11.3 Å². The van der Waals surface area contributed by atoms with Gasteiger partial charge in [-0.15, -0.1) is 6.58 Å². The summed E-state index contributed by atoms with van der Waals surface area (Å²) in [7, 11) is 0. The molecule has 2 aliphatic rings. The Morgan fingerprint density at radius 3 is 2.70 bits per heavy atom. The van der Waals surface area contributed by atoms with Gasteiger partial charge in [-0.05, 0) is 31.6 Å². The summed E-state index contributed by atoms with van der Waals surface area (Å²) >= 11 is 0. The van der Waals surface area contributed by atoms with Gasteiger partial charge in [-0.1, -0.05) is 6.08 Å². The van der Waals surface area contributed by atoms with Gasteiger partial charge in [-0.25, -0.2) is 0 Å². The fourth-order valence-electron chi connectivity index (χ4n) is 2.59. The van der Waals surface area contributed by atoms with E-state index in [9.17, 15) is 5.11 Å². The number of aliphatic hydroxyl groups is 1. The summed E-state index contributed by atoms with van der Waals surface area (Å²) in [5.41, 5.74) is 0.130. The zero-order chi connectivity index (χ0) is 7.19. The quantitative estimate of drug-likeness (QED) is 0.547. The van der Waals surface area contributed by atoms with E-state index in [1.54, 1.807) is 0 Å². The van der Waals surface area contributed by atoms with Crippen LogP contribution in [0.5, 0.6) is 0 Å². The Bertz CT molecular complexity index is 164. The van der Waals surface area contributed by atoms with Gasteiger partial charge in [0.05, 0.1) is 6.10 Å². The summed E-state index contributed by atoms with van der Waals surface area (Å²) < 4.78 is 0. The highest BCUT2D eigenvalue weighted by atomic mass is 16.3. The number of fused-ring (bicyclic) bond motifs is 2. The van der Waals surface area contributed by atoms with Crippen molar-refractivity contribution in [2.24, 2.45) is 11.3 Å². The van der Waals surface area contributed by atoms with Crippen molar-refractivity contribution in [3.8, 4) is 0 Å². The first-order chi connectivity index (χ1) is 4.77. The summed E-state index contributed by atoms with van der Waals surface area (Å²) in [6.07, 6.45) is 6.59. The van der Waals surface area contributed by atoms with E-state index in [0.29, 0.717) is 0 Å². The second-order valence-electron chi connectivity index (χ2n) is 3.80. The number of hydrogen-bond donors (Lipinski definition) is 1. The molecule has 10 heavy (non-hydrogen) atoms. The standard InChI is InChI=1S/C9H14O/c1-2-9-4-3-7(6-9)5-8(9)10/h2,7-8,10H,1,3-6H2. The third-order valence-electron chi connectivity index (χ3n) is 3.31. The molecule has 0 radical (unpaired) electrons. The normalized spacial score (nSPS) is 51.7. The third kappa shape index (κ3) is 0.615. The topological polar surface area (TPSA) is 20.2 Å². The van der Waals surface area contributed by atoms with E-state index < -0.39 is 0 Å². The van der Waals surface area contributed by atoms with E-state index in [-0.39, 0.29) is 11.5 Å². The largest absolute Gasteiger partial charge is 0.392 e. The molecule has 0 heterocycles. The number of aliphatic hydroxyl groups excluding tert-OH is 1. The highest BCUT2D eigenvalue weighted by Crippen LogP contribution is 2.54. The van der Waals surface area contributed by atoms with Gasteiger partial charge in [-0.2, -0.15) is 0 Å². The van der Waals surface area contributed by atoms with Crippen molar-refractivity contribution >= 4 is 0 Å². The molecular formula is C9H14O. The molecule has 1 heteroatoms. The maximum absolute atomic E-state index is 9.60. The molecule has 1 N–H and O–H groups in total. The zero-order valence-electron chi connectivity index (χ0n) is 6.21. The summed E-state index contributed by atoms with van der Waals surface area (Å²) in [5.74, 6) is 0.799. The van der Waals surface area contributed by atoms with Crippen molar-refractivity contribution in [2.75, 3.05) is 0 Å². The van der Waals surface area contributed by atoms with Crippen LogP contribution in [0.1, 0.15) is 25.7 Å². The highest BCUT2D eigenvalue weighted by Gasteiger charge is 2.49. The van der Waals surface area contributed by atoms with E-state index >= 15 is 0 Å². The molecule has 0 spiro atoms. The van der Waals surface area contributed by atoms with Crippen molar-refractivity contribution < 1.29 is 5.11 Å². The third-order valence-corrected chi connectivity index (χ3v) is 3.31. The fourth-order valence-corrected chi connectivity index (χ4v) is 2.59. The molecule has 2 bridgehead atoms. The smallest absolute Gasteiger partial charge is 0.0633 e. The Kier molecular flexibility index (Phi) is 1.19. The minimum atomic E-state index is -0.0799. The predicted octanol–water partition coefficient (Wildman–Crippen LogP) is 1.72. The van der Waals surface area contributed by atoms with Crippen molar-refractivity contribution in [3.63, 3.8) is 0 Å². The van der Waals surface area contributed by atoms with E-state index in [0.717, 1.165) is 12.3 Å². The molecule has 3 atom stereocenters. The van der Waals surface area contributed by atoms with Crippen molar-refractivity contribution in [1.29, 1.82) is 0 Å². The van der Waals surface area contributed by atoms with E-state index in [4.69, 9.17) is 0 Å². The van der Waals surface area contributed by atoms with Gasteiger partial charge in [0, 0.05) is 5.41 Å². The van der Waals surface area contributed by atoms with Crippen LogP contribution in [-0.4, -0.2) is 11.2 Å². The molecule has 0 aromatic carbocycles. The second-order valence-corrected chi connectivity index (χ2v) is 3.80. The van der Waals surface area contributed by atoms with Crippen LogP contribution >= 0.6 is 0 Å². The van der Waals surface area contributed by atoms with Gasteiger partial charge in [0.1, 0.15) is 0 Å². The lowest BCUT2D eigenvalue weighted by Crippen LogP contribution is -2.27. The van der Waals surface area contributed by atoms with Crippen LogP contribution in [0.25, 0.3) is 0 Å². The van der Waals surface area contributed by atoms with Crippen LogP contribution in [-0.2, 0) is 0 Å². The van der Waals surface area contributed by atoms with Crippen molar-refractivity contribution in [2.45, 2.75) is 31.8 Å². The summed E-state index contributed by atoms with van der Waals surface area (Å²) in [6, 6.07) is 0. The first-order valence-corrected chi connectivity index (χ1v) is 4.08. The van der Waals surface area contributed by atoms with Crippen LogP contribution in [0.2, 0.25) is 0 Å². The van der Waals surface area contributed by atoms with Gasteiger partial charge >= 0.3 is 0 Å². The Labute approximate surface area is 61.8 Å². The molecule has 0 aromatic heterocycles. The van der Waals surface area contributed by atoms with Crippen LogP contribution in [0.15, 0.2) is 12.7 Å². The first kappa shape index (κ1) is 6.41. The molecule has 1 nitrogen and oxygen atoms in total. The maximum atomic E-state index is 9.60. The zero-order valence-corrected chi connectivity index (χ0v) is 6.21. The summed E-state index contributed by atoms with van der Waals surface area (Å²) in [5, 5.41) is 9.60. The molecule has 0 amide bonds. The fraction of sp³-hybridized carbons (Fsp3) is 0.778. The van der Waals surface area contributed by atoms with Gasteiger partial charge in [0.25, 0.3) is 0 Å². The highest BCUT2D eigenvalue weighted by molar-refractivity contribution is 5.10.